The lowest BCUT2D eigenvalue weighted by Crippen LogP contribution is -2.40. The zero-order valence-electron chi connectivity index (χ0n) is 13.7. The average molecular weight is 347 g/mol. The van der Waals surface area contributed by atoms with Crippen LogP contribution < -0.4 is 5.43 Å². The van der Waals surface area contributed by atoms with E-state index in [0.717, 1.165) is 0 Å². The number of carbonyl (C=O) groups excluding carboxylic acids is 2. The van der Waals surface area contributed by atoms with Crippen LogP contribution in [-0.4, -0.2) is 47.2 Å². The normalized spacial score (nSPS) is 27.2. The second kappa shape index (κ2) is 6.25. The highest BCUT2D eigenvalue weighted by Gasteiger charge is 2.53. The van der Waals surface area contributed by atoms with Crippen LogP contribution in [0.5, 0.6) is 0 Å². The minimum atomic E-state index is -0.927. The number of hydrogen-bond acceptors (Lipinski definition) is 8. The number of nitrogens with one attached hydrogen (secondary N) is 1. The summed E-state index contributed by atoms with van der Waals surface area (Å²) in [6, 6.07) is 4.81. The summed E-state index contributed by atoms with van der Waals surface area (Å²) in [6.07, 6.45) is 0. The summed E-state index contributed by atoms with van der Waals surface area (Å²) >= 11 is 0. The predicted molar refractivity (Wildman–Crippen MR) is 86.2 cm³/mol. The molecule has 0 aliphatic carbocycles. The second-order valence-electron chi connectivity index (χ2n) is 6.03. The molecule has 3 atom stereocenters. The standard InChI is InChI=1S/C16H17N3O6/c1-3-24-15(21)13-11(9-4-6-10(7-5-9)19(22)23)12(17-18-13)14(20)16(2)8-25-16/h4-7,11,13,18H,3,8H2,1-2H3/t11-,13-,16?/m1/s1. The van der Waals surface area contributed by atoms with E-state index >= 15 is 0 Å². The maximum absolute atomic E-state index is 12.7. The molecule has 2 heterocycles. The zero-order chi connectivity index (χ0) is 18.2. The molecule has 9 nitrogen and oxygen atoms in total. The average Bonchev–Trinajstić information content (AvgIpc) is 3.20. The van der Waals surface area contributed by atoms with Crippen molar-refractivity contribution < 1.29 is 24.0 Å². The van der Waals surface area contributed by atoms with Gasteiger partial charge in [-0.2, -0.15) is 5.10 Å². The Morgan fingerprint density at radius 1 is 1.44 bits per heavy atom. The van der Waals surface area contributed by atoms with Crippen molar-refractivity contribution in [1.29, 1.82) is 0 Å². The highest BCUT2D eigenvalue weighted by Crippen LogP contribution is 2.35. The minimum Gasteiger partial charge on any atom is -0.464 e. The van der Waals surface area contributed by atoms with Crippen LogP contribution in [0.1, 0.15) is 25.3 Å². The SMILES string of the molecule is CCOC(=O)[C@@H]1NN=C(C(=O)C2(C)CO2)[C@H]1c1ccc([N+](=O)[O-])cc1. The third kappa shape index (κ3) is 3.10. The van der Waals surface area contributed by atoms with Gasteiger partial charge in [0.15, 0.2) is 11.6 Å². The molecule has 132 valence electrons. The summed E-state index contributed by atoms with van der Waals surface area (Å²) < 4.78 is 10.2. The molecule has 0 spiro atoms. The van der Waals surface area contributed by atoms with Crippen molar-refractivity contribution >= 4 is 23.2 Å². The third-order valence-electron chi connectivity index (χ3n) is 4.25. The number of ketones is 1. The molecule has 0 bridgehead atoms. The first-order chi connectivity index (χ1) is 11.9. The second-order valence-corrected chi connectivity index (χ2v) is 6.03. The quantitative estimate of drug-likeness (QED) is 0.351. The third-order valence-corrected chi connectivity index (χ3v) is 4.25. The van der Waals surface area contributed by atoms with Crippen molar-refractivity contribution in [3.8, 4) is 0 Å². The molecule has 0 saturated carbocycles. The lowest BCUT2D eigenvalue weighted by atomic mass is 9.84. The van der Waals surface area contributed by atoms with Gasteiger partial charge in [0, 0.05) is 12.1 Å². The van der Waals surface area contributed by atoms with Crippen molar-refractivity contribution in [3.63, 3.8) is 0 Å². The fourth-order valence-corrected chi connectivity index (χ4v) is 2.72. The van der Waals surface area contributed by atoms with Crippen LogP contribution in [0.4, 0.5) is 5.69 Å². The molecule has 9 heteroatoms. The van der Waals surface area contributed by atoms with Gasteiger partial charge < -0.3 is 9.47 Å². The monoisotopic (exact) mass is 347 g/mol. The Kier molecular flexibility index (Phi) is 4.25. The number of Topliss-reactive ketones (excluding diaryl/α,β-unsaturated/α-hetero) is 1. The number of epoxide rings is 1. The number of nitrogens with zero attached hydrogens (tertiary/aromatic N) is 2. The van der Waals surface area contributed by atoms with Gasteiger partial charge in [0.05, 0.1) is 24.1 Å². The molecule has 1 aromatic rings. The molecule has 1 aromatic carbocycles. The largest absolute Gasteiger partial charge is 0.464 e. The molecule has 1 fully saturated rings. The van der Waals surface area contributed by atoms with Gasteiger partial charge in [-0.3, -0.25) is 20.3 Å². The molecule has 3 rings (SSSR count). The number of non-ortho nitro benzene ring substituents is 1. The van der Waals surface area contributed by atoms with Gasteiger partial charge in [0.25, 0.3) is 5.69 Å². The van der Waals surface area contributed by atoms with Gasteiger partial charge in [0.1, 0.15) is 5.71 Å². The number of esters is 1. The molecule has 0 radical (unpaired) electrons. The van der Waals surface area contributed by atoms with Gasteiger partial charge >= 0.3 is 5.97 Å². The van der Waals surface area contributed by atoms with Crippen LogP contribution in [-0.2, 0) is 19.1 Å². The number of nitro benzene ring substituents is 1. The zero-order valence-corrected chi connectivity index (χ0v) is 13.7. The maximum atomic E-state index is 12.7. The Balaban J connectivity index is 1.94. The minimum absolute atomic E-state index is 0.0790. The number of ether oxygens (including phenoxy) is 2. The Labute approximate surface area is 143 Å². The van der Waals surface area contributed by atoms with Gasteiger partial charge in [-0.1, -0.05) is 12.1 Å². The molecular formula is C16H17N3O6. The molecule has 0 amide bonds. The van der Waals surface area contributed by atoms with Crippen molar-refractivity contribution in [1.82, 2.24) is 5.43 Å². The highest BCUT2D eigenvalue weighted by atomic mass is 16.6. The van der Waals surface area contributed by atoms with E-state index in [9.17, 15) is 19.7 Å². The van der Waals surface area contributed by atoms with Crippen molar-refractivity contribution in [3.05, 3.63) is 39.9 Å². The van der Waals surface area contributed by atoms with Gasteiger partial charge in [-0.05, 0) is 19.4 Å². The van der Waals surface area contributed by atoms with E-state index < -0.39 is 28.5 Å². The number of nitro groups is 1. The van der Waals surface area contributed by atoms with Crippen LogP contribution in [0.25, 0.3) is 0 Å². The summed E-state index contributed by atoms with van der Waals surface area (Å²) in [7, 11) is 0. The van der Waals surface area contributed by atoms with Crippen molar-refractivity contribution in [2.75, 3.05) is 13.2 Å². The first-order valence-corrected chi connectivity index (χ1v) is 7.80. The van der Waals surface area contributed by atoms with E-state index in [2.05, 4.69) is 10.5 Å². The molecule has 1 unspecified atom stereocenters. The van der Waals surface area contributed by atoms with Gasteiger partial charge in [-0.25, -0.2) is 4.79 Å². The van der Waals surface area contributed by atoms with E-state index in [4.69, 9.17) is 9.47 Å². The Morgan fingerprint density at radius 2 is 2.08 bits per heavy atom. The Hall–Kier alpha value is -2.81. The van der Waals surface area contributed by atoms with Crippen molar-refractivity contribution in [2.24, 2.45) is 5.10 Å². The van der Waals surface area contributed by atoms with Crippen LogP contribution in [0, 0.1) is 10.1 Å². The lowest BCUT2D eigenvalue weighted by Gasteiger charge is -2.19. The van der Waals surface area contributed by atoms with E-state index in [1.807, 2.05) is 0 Å². The fourth-order valence-electron chi connectivity index (χ4n) is 2.72. The highest BCUT2D eigenvalue weighted by molar-refractivity contribution is 6.46. The summed E-state index contributed by atoms with van der Waals surface area (Å²) in [5.41, 5.74) is 2.37. The van der Waals surface area contributed by atoms with Crippen LogP contribution >= 0.6 is 0 Å². The van der Waals surface area contributed by atoms with Crippen LogP contribution in [0.3, 0.4) is 0 Å². The van der Waals surface area contributed by atoms with Crippen LogP contribution in [0.2, 0.25) is 0 Å². The van der Waals surface area contributed by atoms with Gasteiger partial charge in [0.2, 0.25) is 5.78 Å². The predicted octanol–water partition coefficient (Wildman–Crippen LogP) is 0.927. The number of hydrogen-bond donors (Lipinski definition) is 1. The molecule has 2 aliphatic rings. The van der Waals surface area contributed by atoms with Crippen LogP contribution in [0.15, 0.2) is 29.4 Å². The molecule has 1 N–H and O–H groups in total. The molecule has 0 aromatic heterocycles. The summed E-state index contributed by atoms with van der Waals surface area (Å²) in [6.45, 7) is 3.82. The van der Waals surface area contributed by atoms with E-state index in [-0.39, 0.29) is 23.8 Å². The number of hydrazone groups is 1. The fraction of sp³-hybridized carbons (Fsp3) is 0.438. The first kappa shape index (κ1) is 17.0. The topological polar surface area (TPSA) is 123 Å². The van der Waals surface area contributed by atoms with E-state index in [1.165, 1.54) is 24.3 Å². The smallest absolute Gasteiger partial charge is 0.331 e. The summed E-state index contributed by atoms with van der Waals surface area (Å²) in [5.74, 6) is -1.55. The first-order valence-electron chi connectivity index (χ1n) is 7.80. The summed E-state index contributed by atoms with van der Waals surface area (Å²) in [5, 5.41) is 14.9. The number of carbonyl (C=O) groups is 2. The Bertz CT molecular complexity index is 754. The molecule has 2 aliphatic heterocycles. The number of rotatable bonds is 6. The molecular weight excluding hydrogens is 330 g/mol. The molecule has 1 saturated heterocycles. The lowest BCUT2D eigenvalue weighted by molar-refractivity contribution is -0.384. The molecule has 25 heavy (non-hydrogen) atoms. The summed E-state index contributed by atoms with van der Waals surface area (Å²) in [4.78, 5) is 35.2. The van der Waals surface area contributed by atoms with E-state index in [0.29, 0.717) is 12.2 Å². The Morgan fingerprint density at radius 3 is 2.60 bits per heavy atom. The van der Waals surface area contributed by atoms with Crippen molar-refractivity contribution in [2.45, 2.75) is 31.4 Å². The number of benzene rings is 1. The maximum Gasteiger partial charge on any atom is 0.331 e. The van der Waals surface area contributed by atoms with Gasteiger partial charge in [-0.15, -0.1) is 0 Å². The van der Waals surface area contributed by atoms with E-state index in [1.54, 1.807) is 13.8 Å².